The number of carbonyl (C=O) groups is 2. The molecule has 1 aromatic rings. The van der Waals surface area contributed by atoms with Crippen molar-refractivity contribution < 1.29 is 14.1 Å². The molecular weight excluding hydrogens is 208 g/mol. The summed E-state index contributed by atoms with van der Waals surface area (Å²) in [6.45, 7) is 6.98. The SMILES string of the molecule is C=C.O=C1CCN(C(=O)c2ccon2)CC1. The van der Waals surface area contributed by atoms with Crippen molar-refractivity contribution >= 4 is 11.7 Å². The van der Waals surface area contributed by atoms with E-state index in [0.717, 1.165) is 0 Å². The lowest BCUT2D eigenvalue weighted by molar-refractivity contribution is -0.120. The molecule has 0 bridgehead atoms. The summed E-state index contributed by atoms with van der Waals surface area (Å²) in [5, 5.41) is 3.56. The summed E-state index contributed by atoms with van der Waals surface area (Å²) in [6, 6.07) is 1.53. The predicted octanol–water partition coefficient (Wildman–Crippen LogP) is 1.28. The number of ketones is 1. The minimum atomic E-state index is -0.161. The summed E-state index contributed by atoms with van der Waals surface area (Å²) >= 11 is 0. The second-order valence-corrected chi connectivity index (χ2v) is 3.22. The van der Waals surface area contributed by atoms with Gasteiger partial charge in [-0.25, -0.2) is 0 Å². The zero-order valence-corrected chi connectivity index (χ0v) is 9.02. The minimum Gasteiger partial charge on any atom is -0.364 e. The van der Waals surface area contributed by atoms with E-state index in [1.807, 2.05) is 0 Å². The number of rotatable bonds is 1. The predicted molar refractivity (Wildman–Crippen MR) is 57.9 cm³/mol. The molecule has 5 nitrogen and oxygen atoms in total. The summed E-state index contributed by atoms with van der Waals surface area (Å²) in [4.78, 5) is 24.2. The van der Waals surface area contributed by atoms with Crippen LogP contribution in [-0.2, 0) is 4.79 Å². The van der Waals surface area contributed by atoms with E-state index >= 15 is 0 Å². The van der Waals surface area contributed by atoms with Crippen molar-refractivity contribution in [2.24, 2.45) is 0 Å². The van der Waals surface area contributed by atoms with E-state index in [1.54, 1.807) is 4.90 Å². The van der Waals surface area contributed by atoms with Crippen LogP contribution in [-0.4, -0.2) is 34.8 Å². The zero-order chi connectivity index (χ0) is 12.0. The number of amides is 1. The van der Waals surface area contributed by atoms with Crippen molar-refractivity contribution in [2.45, 2.75) is 12.8 Å². The van der Waals surface area contributed by atoms with E-state index in [9.17, 15) is 9.59 Å². The molecule has 1 aliphatic heterocycles. The molecule has 0 radical (unpaired) electrons. The standard InChI is InChI=1S/C9H10N2O3.C2H4/c12-7-1-4-11(5-2-7)9(13)8-3-6-14-10-8;1-2/h3,6H,1-2,4-5H2;1-2H2. The van der Waals surface area contributed by atoms with Gasteiger partial charge in [0.25, 0.3) is 5.91 Å². The van der Waals surface area contributed by atoms with Crippen LogP contribution in [0.15, 0.2) is 30.0 Å². The first-order valence-corrected chi connectivity index (χ1v) is 4.99. The van der Waals surface area contributed by atoms with Gasteiger partial charge in [-0.2, -0.15) is 0 Å². The third-order valence-electron chi connectivity index (χ3n) is 2.27. The van der Waals surface area contributed by atoms with Crippen LogP contribution < -0.4 is 0 Å². The Bertz CT molecular complexity index is 349. The Labute approximate surface area is 93.7 Å². The van der Waals surface area contributed by atoms with E-state index < -0.39 is 0 Å². The van der Waals surface area contributed by atoms with Gasteiger partial charge in [0.1, 0.15) is 12.0 Å². The van der Waals surface area contributed by atoms with Crippen LogP contribution >= 0.6 is 0 Å². The highest BCUT2D eigenvalue weighted by Gasteiger charge is 2.23. The van der Waals surface area contributed by atoms with Gasteiger partial charge >= 0.3 is 0 Å². The molecule has 0 aliphatic carbocycles. The van der Waals surface area contributed by atoms with Crippen molar-refractivity contribution in [2.75, 3.05) is 13.1 Å². The topological polar surface area (TPSA) is 63.4 Å². The number of aromatic nitrogens is 1. The molecule has 0 saturated carbocycles. The van der Waals surface area contributed by atoms with Gasteiger partial charge in [0.15, 0.2) is 5.69 Å². The molecule has 0 aromatic carbocycles. The van der Waals surface area contributed by atoms with Crippen LogP contribution in [0.1, 0.15) is 23.3 Å². The van der Waals surface area contributed by atoms with E-state index in [-0.39, 0.29) is 11.7 Å². The molecule has 1 fully saturated rings. The van der Waals surface area contributed by atoms with Crippen molar-refractivity contribution in [1.82, 2.24) is 10.1 Å². The lowest BCUT2D eigenvalue weighted by atomic mass is 10.1. The molecule has 1 aromatic heterocycles. The number of hydrogen-bond acceptors (Lipinski definition) is 4. The molecule has 16 heavy (non-hydrogen) atoms. The number of Topliss-reactive ketones (excluding diaryl/α,β-unsaturated/α-hetero) is 1. The van der Waals surface area contributed by atoms with Crippen LogP contribution in [0.3, 0.4) is 0 Å². The third-order valence-corrected chi connectivity index (χ3v) is 2.27. The molecule has 1 amide bonds. The Hall–Kier alpha value is -1.91. The van der Waals surface area contributed by atoms with Crippen LogP contribution in [0.2, 0.25) is 0 Å². The first-order chi connectivity index (χ1) is 7.77. The molecule has 2 rings (SSSR count). The summed E-state index contributed by atoms with van der Waals surface area (Å²) in [5.74, 6) is 0.0560. The number of hydrogen-bond donors (Lipinski definition) is 0. The summed E-state index contributed by atoms with van der Waals surface area (Å²) in [5.41, 5.74) is 0.305. The van der Waals surface area contributed by atoms with Crippen molar-refractivity contribution in [3.63, 3.8) is 0 Å². The average molecular weight is 222 g/mol. The molecule has 2 heterocycles. The van der Waals surface area contributed by atoms with Gasteiger partial charge in [-0.1, -0.05) is 5.16 Å². The van der Waals surface area contributed by atoms with Crippen LogP contribution in [0, 0.1) is 0 Å². The van der Waals surface area contributed by atoms with Crippen LogP contribution in [0.4, 0.5) is 0 Å². The number of piperidine rings is 1. The van der Waals surface area contributed by atoms with Gasteiger partial charge in [-0.3, -0.25) is 9.59 Å². The maximum absolute atomic E-state index is 11.7. The van der Waals surface area contributed by atoms with Gasteiger partial charge in [-0.15, -0.1) is 13.2 Å². The van der Waals surface area contributed by atoms with Crippen LogP contribution in [0.25, 0.3) is 0 Å². The third kappa shape index (κ3) is 2.79. The maximum atomic E-state index is 11.7. The fourth-order valence-electron chi connectivity index (χ4n) is 1.44. The largest absolute Gasteiger partial charge is 0.364 e. The van der Waals surface area contributed by atoms with Gasteiger partial charge in [0, 0.05) is 32.0 Å². The Balaban J connectivity index is 0.000000606. The van der Waals surface area contributed by atoms with E-state index in [1.165, 1.54) is 12.3 Å². The Kier molecular flexibility index (Phi) is 4.44. The van der Waals surface area contributed by atoms with Gasteiger partial charge < -0.3 is 9.42 Å². The highest BCUT2D eigenvalue weighted by molar-refractivity contribution is 5.93. The van der Waals surface area contributed by atoms with Crippen LogP contribution in [0.5, 0.6) is 0 Å². The first-order valence-electron chi connectivity index (χ1n) is 4.99. The molecule has 1 saturated heterocycles. The second kappa shape index (κ2) is 5.85. The molecule has 0 atom stereocenters. The Morgan fingerprint density at radius 3 is 2.50 bits per heavy atom. The van der Waals surface area contributed by atoms with E-state index in [4.69, 9.17) is 0 Å². The van der Waals surface area contributed by atoms with Gasteiger partial charge in [-0.05, 0) is 0 Å². The second-order valence-electron chi connectivity index (χ2n) is 3.22. The fraction of sp³-hybridized carbons (Fsp3) is 0.364. The summed E-state index contributed by atoms with van der Waals surface area (Å²) in [7, 11) is 0. The lowest BCUT2D eigenvalue weighted by Gasteiger charge is -2.24. The van der Waals surface area contributed by atoms with E-state index in [2.05, 4.69) is 22.8 Å². The lowest BCUT2D eigenvalue weighted by Crippen LogP contribution is -2.38. The fourth-order valence-corrected chi connectivity index (χ4v) is 1.44. The number of likely N-dealkylation sites (tertiary alicyclic amines) is 1. The molecule has 86 valence electrons. The average Bonchev–Trinajstić information content (AvgIpc) is 2.85. The highest BCUT2D eigenvalue weighted by Crippen LogP contribution is 2.09. The minimum absolute atomic E-state index is 0.161. The van der Waals surface area contributed by atoms with Crippen molar-refractivity contribution in [1.29, 1.82) is 0 Å². The summed E-state index contributed by atoms with van der Waals surface area (Å²) < 4.78 is 4.58. The van der Waals surface area contributed by atoms with Gasteiger partial charge in [0.05, 0.1) is 0 Å². The molecule has 0 unspecified atom stereocenters. The molecule has 1 aliphatic rings. The van der Waals surface area contributed by atoms with Gasteiger partial charge in [0.2, 0.25) is 0 Å². The zero-order valence-electron chi connectivity index (χ0n) is 9.02. The quantitative estimate of drug-likeness (QED) is 0.671. The molecule has 5 heteroatoms. The first kappa shape index (κ1) is 12.2. The maximum Gasteiger partial charge on any atom is 0.276 e. The Morgan fingerprint density at radius 2 is 2.00 bits per heavy atom. The molecular formula is C11H14N2O3. The molecule has 0 spiro atoms. The highest BCUT2D eigenvalue weighted by atomic mass is 16.5. The van der Waals surface area contributed by atoms with Crippen molar-refractivity contribution in [3.8, 4) is 0 Å². The van der Waals surface area contributed by atoms with Crippen molar-refractivity contribution in [3.05, 3.63) is 31.2 Å². The number of carbonyl (C=O) groups excluding carboxylic acids is 2. The molecule has 0 N–H and O–H groups in total. The normalized spacial score (nSPS) is 15.2. The summed E-state index contributed by atoms with van der Waals surface area (Å²) in [6.07, 6.45) is 2.26. The monoisotopic (exact) mass is 222 g/mol. The van der Waals surface area contributed by atoms with E-state index in [0.29, 0.717) is 31.6 Å². The smallest absolute Gasteiger partial charge is 0.276 e. The Morgan fingerprint density at radius 1 is 1.38 bits per heavy atom. The number of nitrogens with zero attached hydrogens (tertiary/aromatic N) is 2.